The summed E-state index contributed by atoms with van der Waals surface area (Å²) in [5, 5.41) is 32.8. The lowest BCUT2D eigenvalue weighted by atomic mass is 9.97. The summed E-state index contributed by atoms with van der Waals surface area (Å²) >= 11 is 0. The molecule has 2 rings (SSSR count). The van der Waals surface area contributed by atoms with Crippen molar-refractivity contribution in [1.82, 2.24) is 10.6 Å². The SMILES string of the molecule is CO[C@](C=O)(NC(=O)[C@@H](C(=O)O)c1ccc(O)cc1)[C@@H]1NC(C(=O)O)=C(C)CO1. The summed E-state index contributed by atoms with van der Waals surface area (Å²) in [7, 11) is 1.07. The Morgan fingerprint density at radius 1 is 1.31 bits per heavy atom. The monoisotopic (exact) mass is 408 g/mol. The molecule has 1 aromatic rings. The number of phenols is 1. The van der Waals surface area contributed by atoms with Gasteiger partial charge < -0.3 is 35.4 Å². The van der Waals surface area contributed by atoms with E-state index in [1.165, 1.54) is 31.2 Å². The number of carbonyl (C=O) groups is 4. The van der Waals surface area contributed by atoms with Gasteiger partial charge in [0, 0.05) is 7.11 Å². The van der Waals surface area contributed by atoms with Crippen LogP contribution in [0, 0.1) is 0 Å². The number of carbonyl (C=O) groups excluding carboxylic acids is 2. The van der Waals surface area contributed by atoms with Crippen LogP contribution in [0.1, 0.15) is 18.4 Å². The first-order chi connectivity index (χ1) is 13.6. The smallest absolute Gasteiger partial charge is 0.352 e. The van der Waals surface area contributed by atoms with Crippen molar-refractivity contribution in [3.8, 4) is 5.75 Å². The molecule has 1 aliphatic rings. The van der Waals surface area contributed by atoms with Crippen LogP contribution in [-0.4, -0.2) is 65.1 Å². The third-order valence-electron chi connectivity index (χ3n) is 4.34. The number of aliphatic carboxylic acids is 2. The van der Waals surface area contributed by atoms with Crippen LogP contribution in [-0.2, 0) is 28.7 Å². The molecule has 11 heteroatoms. The van der Waals surface area contributed by atoms with Gasteiger partial charge in [0.1, 0.15) is 11.4 Å². The molecule has 0 fully saturated rings. The largest absolute Gasteiger partial charge is 0.508 e. The summed E-state index contributed by atoms with van der Waals surface area (Å²) < 4.78 is 10.5. The van der Waals surface area contributed by atoms with Crippen LogP contribution >= 0.6 is 0 Å². The molecule has 1 aliphatic heterocycles. The van der Waals surface area contributed by atoms with Crippen LogP contribution in [0.15, 0.2) is 35.5 Å². The van der Waals surface area contributed by atoms with Gasteiger partial charge in [-0.05, 0) is 30.2 Å². The molecule has 0 saturated heterocycles. The zero-order valence-corrected chi connectivity index (χ0v) is 15.5. The maximum absolute atomic E-state index is 12.7. The average Bonchev–Trinajstić information content (AvgIpc) is 2.68. The quantitative estimate of drug-likeness (QED) is 0.215. The second kappa shape index (κ2) is 8.71. The van der Waals surface area contributed by atoms with Crippen molar-refractivity contribution in [2.24, 2.45) is 0 Å². The highest BCUT2D eigenvalue weighted by molar-refractivity contribution is 6.03. The Kier molecular flexibility index (Phi) is 6.56. The van der Waals surface area contributed by atoms with Gasteiger partial charge in [-0.3, -0.25) is 14.4 Å². The topological polar surface area (TPSA) is 171 Å². The fraction of sp³-hybridized carbons (Fsp3) is 0.333. The molecule has 1 amide bonds. The van der Waals surface area contributed by atoms with Crippen molar-refractivity contribution in [1.29, 1.82) is 0 Å². The first-order valence-electron chi connectivity index (χ1n) is 8.31. The molecule has 0 saturated carbocycles. The van der Waals surface area contributed by atoms with E-state index in [0.717, 1.165) is 7.11 Å². The van der Waals surface area contributed by atoms with Gasteiger partial charge in [0.15, 0.2) is 18.4 Å². The van der Waals surface area contributed by atoms with E-state index >= 15 is 0 Å². The standard InChI is InChI=1S/C18H20N2O9/c1-9-7-29-17(19-13(9)16(26)27)18(8-21,28-2)20-14(23)12(15(24)25)10-3-5-11(22)6-4-10/h3-6,8,12,17,19,22H,7H2,1-2H3,(H,20,23)(H,24,25)(H,26,27)/t12-,17+,18-/m0/s1. The number of hydrogen-bond acceptors (Lipinski definition) is 8. The molecular weight excluding hydrogens is 388 g/mol. The van der Waals surface area contributed by atoms with Gasteiger partial charge in [-0.2, -0.15) is 0 Å². The van der Waals surface area contributed by atoms with Gasteiger partial charge >= 0.3 is 11.9 Å². The van der Waals surface area contributed by atoms with Crippen LogP contribution in [0.25, 0.3) is 0 Å². The number of aromatic hydroxyl groups is 1. The van der Waals surface area contributed by atoms with Gasteiger partial charge in [0.05, 0.1) is 6.61 Å². The number of nitrogens with one attached hydrogen (secondary N) is 2. The zero-order valence-electron chi connectivity index (χ0n) is 15.5. The number of carboxylic acid groups (broad SMARTS) is 2. The Morgan fingerprint density at radius 2 is 1.93 bits per heavy atom. The van der Waals surface area contributed by atoms with E-state index in [0.29, 0.717) is 5.57 Å². The van der Waals surface area contributed by atoms with Crippen molar-refractivity contribution in [3.63, 3.8) is 0 Å². The van der Waals surface area contributed by atoms with Crippen LogP contribution < -0.4 is 10.6 Å². The maximum Gasteiger partial charge on any atom is 0.352 e. The molecule has 156 valence electrons. The number of amides is 1. The Labute approximate surface area is 164 Å². The molecule has 5 N–H and O–H groups in total. The molecule has 0 aromatic heterocycles. The number of aldehydes is 1. The van der Waals surface area contributed by atoms with E-state index in [9.17, 15) is 34.5 Å². The second-order valence-corrected chi connectivity index (χ2v) is 6.26. The van der Waals surface area contributed by atoms with Gasteiger partial charge in [0.2, 0.25) is 11.6 Å². The third kappa shape index (κ3) is 4.52. The lowest BCUT2D eigenvalue weighted by Crippen LogP contribution is -2.66. The summed E-state index contributed by atoms with van der Waals surface area (Å²) in [4.78, 5) is 47.6. The molecule has 1 heterocycles. The lowest BCUT2D eigenvalue weighted by Gasteiger charge is -2.39. The van der Waals surface area contributed by atoms with Gasteiger partial charge in [-0.15, -0.1) is 0 Å². The van der Waals surface area contributed by atoms with E-state index in [2.05, 4.69) is 10.6 Å². The number of rotatable bonds is 8. The van der Waals surface area contributed by atoms with Gasteiger partial charge in [-0.1, -0.05) is 12.1 Å². The Bertz CT molecular complexity index is 849. The van der Waals surface area contributed by atoms with E-state index in [4.69, 9.17) is 9.47 Å². The molecule has 1 aromatic carbocycles. The minimum Gasteiger partial charge on any atom is -0.508 e. The number of methoxy groups -OCH3 is 1. The van der Waals surface area contributed by atoms with Crippen molar-refractivity contribution in [3.05, 3.63) is 41.1 Å². The number of ether oxygens (including phenoxy) is 2. The molecule has 29 heavy (non-hydrogen) atoms. The normalized spacial score (nSPS) is 19.4. The average molecular weight is 408 g/mol. The molecule has 0 radical (unpaired) electrons. The highest BCUT2D eigenvalue weighted by Gasteiger charge is 2.46. The number of hydrogen-bond donors (Lipinski definition) is 5. The van der Waals surface area contributed by atoms with E-state index in [1.54, 1.807) is 0 Å². The maximum atomic E-state index is 12.7. The summed E-state index contributed by atoms with van der Waals surface area (Å²) in [6.07, 6.45) is -1.25. The minimum atomic E-state index is -2.21. The van der Waals surface area contributed by atoms with Crippen LogP contribution in [0.3, 0.4) is 0 Å². The number of carboxylic acids is 2. The van der Waals surface area contributed by atoms with Crippen molar-refractivity contribution in [2.45, 2.75) is 24.8 Å². The predicted octanol–water partition coefficient (Wildman–Crippen LogP) is -0.477. The molecule has 11 nitrogen and oxygen atoms in total. The van der Waals surface area contributed by atoms with Crippen LogP contribution in [0.2, 0.25) is 0 Å². The van der Waals surface area contributed by atoms with E-state index < -0.39 is 35.7 Å². The molecule has 0 spiro atoms. The van der Waals surface area contributed by atoms with E-state index in [1.807, 2.05) is 0 Å². The highest BCUT2D eigenvalue weighted by Crippen LogP contribution is 2.23. The predicted molar refractivity (Wildman–Crippen MR) is 95.6 cm³/mol. The summed E-state index contributed by atoms with van der Waals surface area (Å²) in [5.41, 5.74) is -2.04. The molecular formula is C18H20N2O9. The fourth-order valence-electron chi connectivity index (χ4n) is 2.75. The first kappa shape index (κ1) is 21.9. The third-order valence-corrected chi connectivity index (χ3v) is 4.34. The fourth-order valence-corrected chi connectivity index (χ4v) is 2.75. The van der Waals surface area contributed by atoms with Crippen molar-refractivity contribution < 1.29 is 44.0 Å². The van der Waals surface area contributed by atoms with Crippen molar-refractivity contribution in [2.75, 3.05) is 13.7 Å². The Balaban J connectivity index is 2.34. The minimum absolute atomic E-state index is 0.0446. The number of phenolic OH excluding ortho intramolecular Hbond substituents is 1. The summed E-state index contributed by atoms with van der Waals surface area (Å²) in [5.74, 6) is -5.77. The first-order valence-corrected chi connectivity index (χ1v) is 8.31. The lowest BCUT2D eigenvalue weighted by molar-refractivity contribution is -0.174. The molecule has 0 bridgehead atoms. The van der Waals surface area contributed by atoms with Gasteiger partial charge in [0.25, 0.3) is 0 Å². The van der Waals surface area contributed by atoms with Crippen LogP contribution in [0.4, 0.5) is 0 Å². The molecule has 0 unspecified atom stereocenters. The number of benzene rings is 1. The highest BCUT2D eigenvalue weighted by atomic mass is 16.6. The van der Waals surface area contributed by atoms with Crippen LogP contribution in [0.5, 0.6) is 5.75 Å². The molecule has 0 aliphatic carbocycles. The zero-order chi connectivity index (χ0) is 21.8. The molecule has 3 atom stereocenters. The summed E-state index contributed by atoms with van der Waals surface area (Å²) in [6, 6.07) is 4.90. The van der Waals surface area contributed by atoms with E-state index in [-0.39, 0.29) is 29.9 Å². The van der Waals surface area contributed by atoms with Gasteiger partial charge in [-0.25, -0.2) is 4.79 Å². The van der Waals surface area contributed by atoms with Crippen molar-refractivity contribution >= 4 is 24.1 Å². The second-order valence-electron chi connectivity index (χ2n) is 6.26. The Morgan fingerprint density at radius 3 is 2.41 bits per heavy atom. The summed E-state index contributed by atoms with van der Waals surface area (Å²) in [6.45, 7) is 1.35. The Hall–Kier alpha value is -3.44.